The zero-order valence-corrected chi connectivity index (χ0v) is 15.5. The van der Waals surface area contributed by atoms with E-state index in [-0.39, 0.29) is 20.3 Å². The Morgan fingerprint density at radius 2 is 1.91 bits per heavy atom. The van der Waals surface area contributed by atoms with Gasteiger partial charge < -0.3 is 4.90 Å². The van der Waals surface area contributed by atoms with Crippen LogP contribution < -0.4 is 10.9 Å². The third kappa shape index (κ3) is 7.63. The molecule has 0 aliphatic rings. The van der Waals surface area contributed by atoms with Crippen LogP contribution in [-0.2, 0) is 0 Å². The molecule has 0 aliphatic heterocycles. The molecule has 0 aliphatic carbocycles. The van der Waals surface area contributed by atoms with E-state index in [0.29, 0.717) is 18.1 Å². The van der Waals surface area contributed by atoms with Crippen molar-refractivity contribution >= 4 is 17.9 Å². The van der Waals surface area contributed by atoms with E-state index in [1.165, 1.54) is 0 Å². The number of hydrogen-bond acceptors (Lipinski definition) is 4. The number of hydrogen-bond donors (Lipinski definition) is 2. The molecule has 2 N–H and O–H groups in total. The highest BCUT2D eigenvalue weighted by atomic mass is 16.2. The van der Waals surface area contributed by atoms with Crippen LogP contribution in [0.4, 0.5) is 10.6 Å². The smallest absolute Gasteiger partial charge is 0.320 e. The SMILES string of the molecule is C=Cc1nccnc1NNC(=O)N(CC(C)(C)C)C(C)C.CC.[HH].[HH]. The summed E-state index contributed by atoms with van der Waals surface area (Å²) >= 11 is 0. The van der Waals surface area contributed by atoms with Gasteiger partial charge in [0.25, 0.3) is 0 Å². The Kier molecular flexibility index (Phi) is 8.92. The van der Waals surface area contributed by atoms with Gasteiger partial charge in [0.1, 0.15) is 5.69 Å². The number of carbonyl (C=O) groups is 1. The summed E-state index contributed by atoms with van der Waals surface area (Å²) in [4.78, 5) is 22.3. The van der Waals surface area contributed by atoms with Gasteiger partial charge in [-0.3, -0.25) is 15.8 Å². The fourth-order valence-electron chi connectivity index (χ4n) is 1.78. The van der Waals surface area contributed by atoms with Crippen LogP contribution in [0.1, 0.15) is 57.0 Å². The molecule has 134 valence electrons. The molecular formula is C17H35N5O. The highest BCUT2D eigenvalue weighted by Crippen LogP contribution is 2.17. The number of urea groups is 1. The number of hydrazine groups is 1. The fourth-order valence-corrected chi connectivity index (χ4v) is 1.78. The first kappa shape index (κ1) is 20.9. The quantitative estimate of drug-likeness (QED) is 0.786. The summed E-state index contributed by atoms with van der Waals surface area (Å²) in [7, 11) is 0. The average molecular weight is 326 g/mol. The minimum atomic E-state index is -0.194. The summed E-state index contributed by atoms with van der Waals surface area (Å²) in [5.41, 5.74) is 6.08. The number of nitrogens with zero attached hydrogens (tertiary/aromatic N) is 3. The molecule has 0 radical (unpaired) electrons. The monoisotopic (exact) mass is 325 g/mol. The number of aromatic nitrogens is 2. The zero-order valence-electron chi connectivity index (χ0n) is 15.5. The Hall–Kier alpha value is -2.11. The van der Waals surface area contributed by atoms with Gasteiger partial charge in [0.2, 0.25) is 0 Å². The van der Waals surface area contributed by atoms with E-state index in [0.717, 1.165) is 0 Å². The van der Waals surface area contributed by atoms with Crippen LogP contribution in [0.15, 0.2) is 19.0 Å². The van der Waals surface area contributed by atoms with Gasteiger partial charge in [-0.15, -0.1) is 0 Å². The average Bonchev–Trinajstić information content (AvgIpc) is 2.51. The van der Waals surface area contributed by atoms with Gasteiger partial charge >= 0.3 is 6.03 Å². The van der Waals surface area contributed by atoms with Crippen molar-refractivity contribution in [3.8, 4) is 0 Å². The summed E-state index contributed by atoms with van der Waals surface area (Å²) in [6.45, 7) is 18.6. The van der Waals surface area contributed by atoms with E-state index in [1.807, 2.05) is 27.7 Å². The molecule has 1 heterocycles. The first-order valence-electron chi connectivity index (χ1n) is 8.00. The van der Waals surface area contributed by atoms with Crippen molar-refractivity contribution in [2.45, 2.75) is 54.5 Å². The lowest BCUT2D eigenvalue weighted by Crippen LogP contribution is -2.49. The molecule has 0 bridgehead atoms. The first-order chi connectivity index (χ1) is 10.7. The second-order valence-electron chi connectivity index (χ2n) is 6.33. The molecule has 0 atom stereocenters. The summed E-state index contributed by atoms with van der Waals surface area (Å²) in [5.74, 6) is 0.473. The van der Waals surface area contributed by atoms with Crippen LogP contribution in [0.3, 0.4) is 0 Å². The first-order valence-corrected chi connectivity index (χ1v) is 8.00. The van der Waals surface area contributed by atoms with Gasteiger partial charge in [-0.2, -0.15) is 0 Å². The third-order valence-electron chi connectivity index (χ3n) is 2.74. The summed E-state index contributed by atoms with van der Waals surface area (Å²) in [6.07, 6.45) is 4.71. The summed E-state index contributed by atoms with van der Waals surface area (Å²) in [5, 5.41) is 0. The third-order valence-corrected chi connectivity index (χ3v) is 2.74. The maximum absolute atomic E-state index is 12.3. The molecule has 0 spiro atoms. The Morgan fingerprint density at radius 1 is 1.35 bits per heavy atom. The fraction of sp³-hybridized carbons (Fsp3) is 0.588. The lowest BCUT2D eigenvalue weighted by atomic mass is 9.95. The molecule has 0 saturated carbocycles. The van der Waals surface area contributed by atoms with Gasteiger partial charge in [0, 0.05) is 27.8 Å². The summed E-state index contributed by atoms with van der Waals surface area (Å²) < 4.78 is 0. The van der Waals surface area contributed by atoms with E-state index in [4.69, 9.17) is 0 Å². The predicted molar refractivity (Wildman–Crippen MR) is 101 cm³/mol. The van der Waals surface area contributed by atoms with E-state index < -0.39 is 0 Å². The highest BCUT2D eigenvalue weighted by molar-refractivity contribution is 5.76. The number of nitrogens with one attached hydrogen (secondary N) is 2. The molecular weight excluding hydrogens is 290 g/mol. The van der Waals surface area contributed by atoms with Crippen molar-refractivity contribution in [2.75, 3.05) is 12.0 Å². The Balaban J connectivity index is -0.00000116. The molecule has 0 unspecified atom stereocenters. The molecule has 23 heavy (non-hydrogen) atoms. The molecule has 1 aromatic rings. The standard InChI is InChI=1S/C15H25N5O.C2H6.2H2/c1-7-12-13(17-9-8-16-12)18-19-14(21)20(11(2)3)10-15(4,5)6;1-2;;/h7-9,11H,1,10H2,2-6H3,(H,17,18)(H,19,21);1-2H3;2*1H. The minimum absolute atomic E-state index is 0. The molecule has 0 saturated heterocycles. The normalized spacial score (nSPS) is 10.4. The van der Waals surface area contributed by atoms with Gasteiger partial charge in [-0.05, 0) is 25.3 Å². The van der Waals surface area contributed by atoms with Gasteiger partial charge in [0.05, 0.1) is 0 Å². The Morgan fingerprint density at radius 3 is 2.39 bits per heavy atom. The summed E-state index contributed by atoms with van der Waals surface area (Å²) in [6, 6.07) is -0.0904. The molecule has 1 rings (SSSR count). The zero-order chi connectivity index (χ0) is 18.0. The van der Waals surface area contributed by atoms with Crippen molar-refractivity contribution in [2.24, 2.45) is 5.41 Å². The number of rotatable bonds is 5. The van der Waals surface area contributed by atoms with Crippen molar-refractivity contribution in [3.63, 3.8) is 0 Å². The van der Waals surface area contributed by atoms with Crippen LogP contribution in [0.5, 0.6) is 0 Å². The number of anilines is 1. The van der Waals surface area contributed by atoms with Crippen molar-refractivity contribution in [1.82, 2.24) is 20.3 Å². The number of amides is 2. The van der Waals surface area contributed by atoms with Gasteiger partial charge in [-0.1, -0.05) is 41.2 Å². The lowest BCUT2D eigenvalue weighted by Gasteiger charge is -2.33. The van der Waals surface area contributed by atoms with Crippen LogP contribution in [0.2, 0.25) is 0 Å². The van der Waals surface area contributed by atoms with E-state index in [2.05, 4.69) is 48.2 Å². The molecule has 1 aromatic heterocycles. The maximum atomic E-state index is 12.3. The molecule has 0 fully saturated rings. The van der Waals surface area contributed by atoms with Crippen LogP contribution in [0, 0.1) is 5.41 Å². The Bertz CT molecular complexity index is 504. The topological polar surface area (TPSA) is 70.1 Å². The van der Waals surface area contributed by atoms with Crippen LogP contribution in [-0.4, -0.2) is 33.5 Å². The number of carbonyl (C=O) groups excluding carboxylic acids is 1. The van der Waals surface area contributed by atoms with Crippen LogP contribution in [0.25, 0.3) is 6.08 Å². The molecule has 6 heteroatoms. The van der Waals surface area contributed by atoms with Crippen molar-refractivity contribution in [3.05, 3.63) is 24.7 Å². The van der Waals surface area contributed by atoms with Gasteiger partial charge in [0.15, 0.2) is 5.82 Å². The predicted octanol–water partition coefficient (Wildman–Crippen LogP) is 4.43. The second-order valence-corrected chi connectivity index (χ2v) is 6.33. The highest BCUT2D eigenvalue weighted by Gasteiger charge is 2.23. The van der Waals surface area contributed by atoms with E-state index in [9.17, 15) is 4.79 Å². The molecule has 6 nitrogen and oxygen atoms in total. The van der Waals surface area contributed by atoms with Crippen LogP contribution >= 0.6 is 0 Å². The Labute approximate surface area is 143 Å². The maximum Gasteiger partial charge on any atom is 0.336 e. The lowest BCUT2D eigenvalue weighted by molar-refractivity contribution is 0.156. The van der Waals surface area contributed by atoms with E-state index in [1.54, 1.807) is 23.4 Å². The largest absolute Gasteiger partial charge is 0.336 e. The molecule has 0 aromatic carbocycles. The van der Waals surface area contributed by atoms with Crippen molar-refractivity contribution in [1.29, 1.82) is 0 Å². The second kappa shape index (κ2) is 9.82. The van der Waals surface area contributed by atoms with E-state index >= 15 is 0 Å². The van der Waals surface area contributed by atoms with Gasteiger partial charge in [-0.25, -0.2) is 9.78 Å². The molecule has 2 amide bonds. The van der Waals surface area contributed by atoms with Crippen molar-refractivity contribution < 1.29 is 7.65 Å². The minimum Gasteiger partial charge on any atom is -0.320 e.